The van der Waals surface area contributed by atoms with Crippen molar-refractivity contribution < 1.29 is 28.5 Å². The van der Waals surface area contributed by atoms with E-state index in [9.17, 15) is 9.59 Å². The van der Waals surface area contributed by atoms with E-state index in [0.29, 0.717) is 12.1 Å². The number of nitrogens with one attached hydrogen (secondary N) is 1. The molecule has 1 aromatic rings. The summed E-state index contributed by atoms with van der Waals surface area (Å²) in [6, 6.07) is 0. The molecule has 0 unspecified atom stereocenters. The summed E-state index contributed by atoms with van der Waals surface area (Å²) in [5, 5.41) is 0. The number of carbonyl (C=O) groups excluding carboxylic acids is 2. The van der Waals surface area contributed by atoms with Gasteiger partial charge in [-0.15, -0.1) is 0 Å². The van der Waals surface area contributed by atoms with E-state index in [-0.39, 0.29) is 29.8 Å². The summed E-state index contributed by atoms with van der Waals surface area (Å²) in [5.41, 5.74) is 1.92. The first-order chi connectivity index (χ1) is 13.3. The minimum Gasteiger partial charge on any atom is -0.462 e. The fourth-order valence-electron chi connectivity index (χ4n) is 3.10. The Hall–Kier alpha value is -2.45. The highest BCUT2D eigenvalue weighted by atomic mass is 16.7. The van der Waals surface area contributed by atoms with Crippen LogP contribution < -0.4 is 0 Å². The Morgan fingerprint density at radius 1 is 1.18 bits per heavy atom. The number of carbonyl (C=O) groups is 2. The Kier molecular flexibility index (Phi) is 7.15. The van der Waals surface area contributed by atoms with Crippen LogP contribution in [0.2, 0.25) is 0 Å². The molecular formula is C20H28N2O6. The minimum absolute atomic E-state index is 0.138. The van der Waals surface area contributed by atoms with Crippen molar-refractivity contribution in [2.75, 3.05) is 27.4 Å². The van der Waals surface area contributed by atoms with Gasteiger partial charge < -0.3 is 23.9 Å². The smallest absolute Gasteiger partial charge is 0.341 e. The predicted molar refractivity (Wildman–Crippen MR) is 104 cm³/mol. The summed E-state index contributed by atoms with van der Waals surface area (Å²) in [6.07, 6.45) is 3.32. The van der Waals surface area contributed by atoms with Crippen molar-refractivity contribution in [1.29, 1.82) is 0 Å². The Morgan fingerprint density at radius 3 is 2.36 bits per heavy atom. The number of hydrogen-bond acceptors (Lipinski definition) is 7. The Morgan fingerprint density at radius 2 is 1.79 bits per heavy atom. The molecule has 0 spiro atoms. The molecule has 0 radical (unpaired) electrons. The summed E-state index contributed by atoms with van der Waals surface area (Å²) in [7, 11) is 3.11. The second-order valence-electron chi connectivity index (χ2n) is 6.93. The van der Waals surface area contributed by atoms with Gasteiger partial charge >= 0.3 is 11.9 Å². The number of methoxy groups -OCH3 is 2. The van der Waals surface area contributed by atoms with E-state index in [1.807, 2.05) is 13.8 Å². The molecule has 1 N–H and O–H groups in total. The topological polar surface area (TPSA) is 99.2 Å². The SMILES string of the molecule is CCOC(=O)c1c[nH]c(/C=C2\N=C(C(OC)OC)CC2(C)C)c1C(=O)OCC. The van der Waals surface area contributed by atoms with E-state index in [0.717, 1.165) is 11.4 Å². The van der Waals surface area contributed by atoms with Crippen LogP contribution in [0.15, 0.2) is 16.9 Å². The molecule has 0 fully saturated rings. The maximum absolute atomic E-state index is 12.5. The van der Waals surface area contributed by atoms with Gasteiger partial charge in [0, 0.05) is 37.9 Å². The van der Waals surface area contributed by atoms with Crippen molar-refractivity contribution >= 4 is 23.7 Å². The van der Waals surface area contributed by atoms with E-state index >= 15 is 0 Å². The third-order valence-corrected chi connectivity index (χ3v) is 4.45. The van der Waals surface area contributed by atoms with Crippen molar-refractivity contribution in [2.45, 2.75) is 40.4 Å². The van der Waals surface area contributed by atoms with E-state index in [2.05, 4.69) is 9.98 Å². The molecule has 0 aromatic carbocycles. The first-order valence-corrected chi connectivity index (χ1v) is 9.19. The normalized spacial score (nSPS) is 17.1. The van der Waals surface area contributed by atoms with Crippen molar-refractivity contribution in [3.05, 3.63) is 28.7 Å². The van der Waals surface area contributed by atoms with Crippen LogP contribution in [-0.4, -0.2) is 56.4 Å². The quantitative estimate of drug-likeness (QED) is 0.539. The molecule has 2 rings (SSSR count). The van der Waals surface area contributed by atoms with E-state index in [1.165, 1.54) is 6.20 Å². The van der Waals surface area contributed by atoms with Crippen LogP contribution in [0.25, 0.3) is 6.08 Å². The molecule has 0 saturated carbocycles. The zero-order valence-electron chi connectivity index (χ0n) is 17.3. The lowest BCUT2D eigenvalue weighted by Gasteiger charge is -2.19. The molecule has 1 aliphatic rings. The summed E-state index contributed by atoms with van der Waals surface area (Å²) in [4.78, 5) is 32.4. The van der Waals surface area contributed by atoms with E-state index in [1.54, 1.807) is 34.1 Å². The van der Waals surface area contributed by atoms with Gasteiger partial charge in [-0.25, -0.2) is 9.59 Å². The average Bonchev–Trinajstić information content (AvgIpc) is 3.18. The number of esters is 2. The molecule has 2 heterocycles. The van der Waals surface area contributed by atoms with Crippen LogP contribution >= 0.6 is 0 Å². The summed E-state index contributed by atoms with van der Waals surface area (Å²) in [5.74, 6) is -1.18. The lowest BCUT2D eigenvalue weighted by molar-refractivity contribution is -0.0532. The zero-order chi connectivity index (χ0) is 20.9. The monoisotopic (exact) mass is 392 g/mol. The van der Waals surface area contributed by atoms with Gasteiger partial charge in [-0.2, -0.15) is 0 Å². The number of aromatic nitrogens is 1. The van der Waals surface area contributed by atoms with Crippen LogP contribution in [-0.2, 0) is 18.9 Å². The first-order valence-electron chi connectivity index (χ1n) is 9.19. The number of aromatic amines is 1. The molecule has 8 heteroatoms. The Balaban J connectivity index is 2.51. The summed E-state index contributed by atoms with van der Waals surface area (Å²) >= 11 is 0. The molecule has 0 amide bonds. The van der Waals surface area contributed by atoms with Gasteiger partial charge in [0.15, 0.2) is 6.29 Å². The fourth-order valence-corrected chi connectivity index (χ4v) is 3.10. The van der Waals surface area contributed by atoms with Gasteiger partial charge in [0.2, 0.25) is 0 Å². The number of allylic oxidation sites excluding steroid dienone is 1. The van der Waals surface area contributed by atoms with Gasteiger partial charge in [-0.3, -0.25) is 4.99 Å². The van der Waals surface area contributed by atoms with Gasteiger partial charge in [0.1, 0.15) is 0 Å². The molecular weight excluding hydrogens is 364 g/mol. The van der Waals surface area contributed by atoms with Crippen LogP contribution in [0.3, 0.4) is 0 Å². The lowest BCUT2D eigenvalue weighted by Crippen LogP contribution is -2.25. The van der Waals surface area contributed by atoms with Crippen LogP contribution in [0.1, 0.15) is 60.5 Å². The number of rotatable bonds is 8. The molecule has 0 aliphatic carbocycles. The third kappa shape index (κ3) is 4.51. The van der Waals surface area contributed by atoms with Gasteiger partial charge in [0.05, 0.1) is 35.7 Å². The Labute approximate surface area is 164 Å². The fraction of sp³-hybridized carbons (Fsp3) is 0.550. The largest absolute Gasteiger partial charge is 0.462 e. The standard InChI is InChI=1S/C20H28N2O6/c1-7-27-17(23)12-11-21-13(16(12)18(24)28-8-2)9-15-20(3,4)10-14(22-15)19(25-5)26-6/h9,11,19,21H,7-8,10H2,1-6H3/b15-9-. The molecule has 1 aliphatic heterocycles. The number of nitrogens with zero attached hydrogens (tertiary/aromatic N) is 1. The molecule has 0 saturated heterocycles. The minimum atomic E-state index is -0.592. The van der Waals surface area contributed by atoms with Crippen molar-refractivity contribution in [1.82, 2.24) is 4.98 Å². The van der Waals surface area contributed by atoms with Crippen molar-refractivity contribution in [3.8, 4) is 0 Å². The summed E-state index contributed by atoms with van der Waals surface area (Å²) in [6.45, 7) is 7.89. The number of hydrogen-bond donors (Lipinski definition) is 1. The van der Waals surface area contributed by atoms with Gasteiger partial charge in [0.25, 0.3) is 0 Å². The highest BCUT2D eigenvalue weighted by molar-refractivity contribution is 6.05. The van der Waals surface area contributed by atoms with Crippen molar-refractivity contribution in [3.63, 3.8) is 0 Å². The molecule has 0 bridgehead atoms. The molecule has 154 valence electrons. The van der Waals surface area contributed by atoms with E-state index in [4.69, 9.17) is 18.9 Å². The van der Waals surface area contributed by atoms with Crippen LogP contribution in [0, 0.1) is 5.41 Å². The van der Waals surface area contributed by atoms with Crippen molar-refractivity contribution in [2.24, 2.45) is 10.4 Å². The van der Waals surface area contributed by atoms with Gasteiger partial charge in [-0.1, -0.05) is 13.8 Å². The van der Waals surface area contributed by atoms with E-state index < -0.39 is 18.2 Å². The average molecular weight is 392 g/mol. The zero-order valence-corrected chi connectivity index (χ0v) is 17.3. The number of ether oxygens (including phenoxy) is 4. The maximum atomic E-state index is 12.5. The highest BCUT2D eigenvalue weighted by Crippen LogP contribution is 2.40. The Bertz CT molecular complexity index is 787. The second-order valence-corrected chi connectivity index (χ2v) is 6.93. The maximum Gasteiger partial charge on any atom is 0.341 e. The predicted octanol–water partition coefficient (Wildman–Crippen LogP) is 3.20. The molecule has 0 atom stereocenters. The van der Waals surface area contributed by atoms with Crippen LogP contribution in [0.4, 0.5) is 0 Å². The summed E-state index contributed by atoms with van der Waals surface area (Å²) < 4.78 is 20.8. The molecule has 8 nitrogen and oxygen atoms in total. The first kappa shape index (κ1) is 21.8. The molecule has 1 aromatic heterocycles. The number of H-pyrrole nitrogens is 1. The van der Waals surface area contributed by atoms with Crippen LogP contribution in [0.5, 0.6) is 0 Å². The van der Waals surface area contributed by atoms with Gasteiger partial charge in [-0.05, 0) is 19.9 Å². The third-order valence-electron chi connectivity index (χ3n) is 4.45. The lowest BCUT2D eigenvalue weighted by atomic mass is 9.86. The number of aliphatic imine (C=N–C) groups is 1. The second kappa shape index (κ2) is 9.16. The highest BCUT2D eigenvalue weighted by Gasteiger charge is 2.36. The molecule has 28 heavy (non-hydrogen) atoms.